The van der Waals surface area contributed by atoms with E-state index in [0.29, 0.717) is 5.13 Å². The highest BCUT2D eigenvalue weighted by atomic mass is 32.1. The fourth-order valence-electron chi connectivity index (χ4n) is 2.76. The molecule has 2 aromatic rings. The lowest BCUT2D eigenvalue weighted by Crippen LogP contribution is -2.29. The minimum Gasteiger partial charge on any atom is -0.338 e. The lowest BCUT2D eigenvalue weighted by Gasteiger charge is -2.24. The van der Waals surface area contributed by atoms with Crippen molar-refractivity contribution in [3.8, 4) is 0 Å². The molecule has 1 aromatic carbocycles. The van der Waals surface area contributed by atoms with Crippen LogP contribution in [0.4, 0.5) is 5.13 Å². The first kappa shape index (κ1) is 14.6. The van der Waals surface area contributed by atoms with Gasteiger partial charge >= 0.3 is 0 Å². The highest BCUT2D eigenvalue weighted by Gasteiger charge is 2.42. The monoisotopic (exact) mass is 316 g/mol. The summed E-state index contributed by atoms with van der Waals surface area (Å²) in [6.07, 6.45) is 0.208. The molecular weight excluding hydrogens is 300 g/mol. The van der Waals surface area contributed by atoms with Gasteiger partial charge in [-0.25, -0.2) is 0 Å². The molecule has 1 aliphatic rings. The quantitative estimate of drug-likeness (QED) is 0.940. The van der Waals surface area contributed by atoms with Crippen LogP contribution in [0, 0.1) is 12.8 Å². The molecule has 0 aliphatic carbocycles. The van der Waals surface area contributed by atoms with Gasteiger partial charge in [-0.15, -0.1) is 10.2 Å². The van der Waals surface area contributed by atoms with Crippen molar-refractivity contribution in [3.05, 3.63) is 40.9 Å². The molecule has 1 aliphatic heterocycles. The van der Waals surface area contributed by atoms with E-state index in [2.05, 4.69) is 15.5 Å². The number of aryl methyl sites for hydroxylation is 1. The molecule has 0 radical (unpaired) electrons. The summed E-state index contributed by atoms with van der Waals surface area (Å²) in [5.41, 5.74) is 0.962. The van der Waals surface area contributed by atoms with Gasteiger partial charge in [-0.2, -0.15) is 0 Å². The molecule has 7 heteroatoms. The van der Waals surface area contributed by atoms with Crippen LogP contribution in [-0.4, -0.2) is 34.0 Å². The average molecular weight is 316 g/mol. The topological polar surface area (TPSA) is 75.2 Å². The Morgan fingerprint density at radius 2 is 2.05 bits per heavy atom. The standard InChI is InChI=1S/C15H16N4O2S/c1-9-17-18-15(22-9)16-14(21)11-8-12(20)19(2)13(11)10-6-4-3-5-7-10/h3-7,11,13H,8H2,1-2H3,(H,16,18,21)/t11-,13+/m1/s1. The molecule has 1 N–H and O–H groups in total. The molecule has 1 aromatic heterocycles. The number of carbonyl (C=O) groups is 2. The van der Waals surface area contributed by atoms with Crippen molar-refractivity contribution in [2.24, 2.45) is 5.92 Å². The predicted octanol–water partition coefficient (Wildman–Crippen LogP) is 2.00. The first-order chi connectivity index (χ1) is 10.6. The maximum absolute atomic E-state index is 12.5. The Morgan fingerprint density at radius 1 is 1.32 bits per heavy atom. The second-order valence-electron chi connectivity index (χ2n) is 5.29. The largest absolute Gasteiger partial charge is 0.338 e. The van der Waals surface area contributed by atoms with E-state index in [4.69, 9.17) is 0 Å². The van der Waals surface area contributed by atoms with Crippen molar-refractivity contribution in [1.29, 1.82) is 0 Å². The minimum absolute atomic E-state index is 0.0255. The third-order valence-electron chi connectivity index (χ3n) is 3.82. The third kappa shape index (κ3) is 2.71. The predicted molar refractivity (Wildman–Crippen MR) is 83.3 cm³/mol. The Labute approximate surface area is 132 Å². The molecule has 114 valence electrons. The van der Waals surface area contributed by atoms with Crippen molar-refractivity contribution in [3.63, 3.8) is 0 Å². The van der Waals surface area contributed by atoms with Crippen molar-refractivity contribution < 1.29 is 9.59 Å². The second-order valence-corrected chi connectivity index (χ2v) is 6.47. The number of hydrogen-bond acceptors (Lipinski definition) is 5. The molecule has 0 unspecified atom stereocenters. The summed E-state index contributed by atoms with van der Waals surface area (Å²) in [6.45, 7) is 1.83. The number of rotatable bonds is 3. The summed E-state index contributed by atoms with van der Waals surface area (Å²) < 4.78 is 0. The van der Waals surface area contributed by atoms with Gasteiger partial charge < -0.3 is 10.2 Å². The van der Waals surface area contributed by atoms with E-state index < -0.39 is 5.92 Å². The fraction of sp³-hybridized carbons (Fsp3) is 0.333. The number of hydrogen-bond donors (Lipinski definition) is 1. The highest BCUT2D eigenvalue weighted by Crippen LogP contribution is 2.37. The number of nitrogens with zero attached hydrogens (tertiary/aromatic N) is 3. The first-order valence-electron chi connectivity index (χ1n) is 6.98. The Hall–Kier alpha value is -2.28. The number of aromatic nitrogens is 2. The van der Waals surface area contributed by atoms with E-state index in [1.165, 1.54) is 11.3 Å². The summed E-state index contributed by atoms with van der Waals surface area (Å²) >= 11 is 1.32. The molecule has 6 nitrogen and oxygen atoms in total. The van der Waals surface area contributed by atoms with Crippen molar-refractivity contribution in [2.45, 2.75) is 19.4 Å². The average Bonchev–Trinajstić information content (AvgIpc) is 3.04. The zero-order valence-electron chi connectivity index (χ0n) is 12.3. The summed E-state index contributed by atoms with van der Waals surface area (Å²) in [7, 11) is 1.74. The normalized spacial score (nSPS) is 21.2. The maximum atomic E-state index is 12.5. The smallest absolute Gasteiger partial charge is 0.232 e. The van der Waals surface area contributed by atoms with E-state index in [1.807, 2.05) is 37.3 Å². The Morgan fingerprint density at radius 3 is 2.68 bits per heavy atom. The van der Waals surface area contributed by atoms with Crippen LogP contribution in [0.25, 0.3) is 0 Å². The molecule has 2 amide bonds. The molecule has 1 fully saturated rings. The van der Waals surface area contributed by atoms with E-state index in [0.717, 1.165) is 10.6 Å². The maximum Gasteiger partial charge on any atom is 0.232 e. The van der Waals surface area contributed by atoms with Crippen LogP contribution in [0.3, 0.4) is 0 Å². The van der Waals surface area contributed by atoms with Gasteiger partial charge in [-0.1, -0.05) is 41.7 Å². The van der Waals surface area contributed by atoms with Gasteiger partial charge in [0.15, 0.2) is 0 Å². The Balaban J connectivity index is 1.84. The molecule has 2 heterocycles. The van der Waals surface area contributed by atoms with Gasteiger partial charge in [-0.05, 0) is 12.5 Å². The number of benzene rings is 1. The minimum atomic E-state index is -0.427. The van der Waals surface area contributed by atoms with E-state index in [9.17, 15) is 9.59 Å². The van der Waals surface area contributed by atoms with Crippen LogP contribution in [0.1, 0.15) is 23.0 Å². The fourth-order valence-corrected chi connectivity index (χ4v) is 3.35. The van der Waals surface area contributed by atoms with Crippen molar-refractivity contribution in [2.75, 3.05) is 12.4 Å². The number of nitrogens with one attached hydrogen (secondary N) is 1. The van der Waals surface area contributed by atoms with Gasteiger partial charge in [0, 0.05) is 13.5 Å². The first-order valence-corrected chi connectivity index (χ1v) is 7.79. The molecule has 22 heavy (non-hydrogen) atoms. The second kappa shape index (κ2) is 5.84. The molecule has 0 saturated carbocycles. The van der Waals surface area contributed by atoms with Gasteiger partial charge in [-0.3, -0.25) is 9.59 Å². The van der Waals surface area contributed by atoms with Crippen LogP contribution in [-0.2, 0) is 9.59 Å². The lowest BCUT2D eigenvalue weighted by atomic mass is 9.93. The molecular formula is C15H16N4O2S. The van der Waals surface area contributed by atoms with Crippen LogP contribution in [0.2, 0.25) is 0 Å². The molecule has 0 spiro atoms. The van der Waals surface area contributed by atoms with Crippen LogP contribution in [0.5, 0.6) is 0 Å². The summed E-state index contributed by atoms with van der Waals surface area (Å²) in [6, 6.07) is 9.37. The number of anilines is 1. The summed E-state index contributed by atoms with van der Waals surface area (Å²) in [5, 5.41) is 11.8. The lowest BCUT2D eigenvalue weighted by molar-refractivity contribution is -0.127. The zero-order valence-corrected chi connectivity index (χ0v) is 13.1. The van der Waals surface area contributed by atoms with Gasteiger partial charge in [0.25, 0.3) is 0 Å². The van der Waals surface area contributed by atoms with Gasteiger partial charge in [0.1, 0.15) is 5.01 Å². The highest BCUT2D eigenvalue weighted by molar-refractivity contribution is 7.15. The Kier molecular flexibility index (Phi) is 3.89. The Bertz CT molecular complexity index is 701. The number of carbonyl (C=O) groups excluding carboxylic acids is 2. The molecule has 1 saturated heterocycles. The molecule has 0 bridgehead atoms. The van der Waals surface area contributed by atoms with Crippen LogP contribution < -0.4 is 5.32 Å². The van der Waals surface area contributed by atoms with Crippen molar-refractivity contribution in [1.82, 2.24) is 15.1 Å². The molecule has 3 rings (SSSR count). The van der Waals surface area contributed by atoms with Gasteiger partial charge in [0.05, 0.1) is 12.0 Å². The van der Waals surface area contributed by atoms with E-state index in [-0.39, 0.29) is 24.3 Å². The SMILES string of the molecule is Cc1nnc(NC(=O)[C@@H]2CC(=O)N(C)[C@H]2c2ccccc2)s1. The number of amides is 2. The third-order valence-corrected chi connectivity index (χ3v) is 4.57. The van der Waals surface area contributed by atoms with Gasteiger partial charge in [0.2, 0.25) is 16.9 Å². The molecule has 2 atom stereocenters. The van der Waals surface area contributed by atoms with E-state index >= 15 is 0 Å². The van der Waals surface area contributed by atoms with Crippen LogP contribution in [0.15, 0.2) is 30.3 Å². The van der Waals surface area contributed by atoms with Crippen molar-refractivity contribution >= 4 is 28.3 Å². The number of likely N-dealkylation sites (tertiary alicyclic amines) is 1. The summed E-state index contributed by atoms with van der Waals surface area (Å²) in [5.74, 6) is -0.644. The summed E-state index contributed by atoms with van der Waals surface area (Å²) in [4.78, 5) is 26.2. The van der Waals surface area contributed by atoms with E-state index in [1.54, 1.807) is 11.9 Å². The van der Waals surface area contributed by atoms with Crippen LogP contribution >= 0.6 is 11.3 Å². The zero-order chi connectivity index (χ0) is 15.7.